The number of allylic oxidation sites excluding steroid dienone is 2. The molecule has 0 heterocycles. The lowest BCUT2D eigenvalue weighted by Gasteiger charge is -2.21. The van der Waals surface area contributed by atoms with E-state index in [1.54, 1.807) is 13.8 Å². The van der Waals surface area contributed by atoms with Crippen molar-refractivity contribution in [3.63, 3.8) is 0 Å². The van der Waals surface area contributed by atoms with Gasteiger partial charge in [0.05, 0.1) is 18.9 Å². The standard InChI is InChI=1S/C9H17O3P/c1-5-9(6-2)13(10,11-7-3)12-8-4/h5-6,9H,1-2,7-8H2,3-4H3. The zero-order valence-corrected chi connectivity index (χ0v) is 9.13. The van der Waals surface area contributed by atoms with Gasteiger partial charge in [-0.15, -0.1) is 13.2 Å². The molecule has 13 heavy (non-hydrogen) atoms. The van der Waals surface area contributed by atoms with Crippen molar-refractivity contribution < 1.29 is 13.6 Å². The third-order valence-electron chi connectivity index (χ3n) is 1.47. The molecule has 3 nitrogen and oxygen atoms in total. The second-order valence-electron chi connectivity index (χ2n) is 2.34. The van der Waals surface area contributed by atoms with Gasteiger partial charge in [-0.25, -0.2) is 0 Å². The summed E-state index contributed by atoms with van der Waals surface area (Å²) < 4.78 is 22.2. The second-order valence-corrected chi connectivity index (χ2v) is 4.53. The summed E-state index contributed by atoms with van der Waals surface area (Å²) in [4.78, 5) is 0. The monoisotopic (exact) mass is 204 g/mol. The molecule has 0 aromatic heterocycles. The van der Waals surface area contributed by atoms with Crippen LogP contribution >= 0.6 is 7.60 Å². The lowest BCUT2D eigenvalue weighted by atomic mass is 10.4. The van der Waals surface area contributed by atoms with Crippen molar-refractivity contribution in [1.82, 2.24) is 0 Å². The molecular weight excluding hydrogens is 187 g/mol. The smallest absolute Gasteiger partial charge is 0.308 e. The molecular formula is C9H17O3P. The van der Waals surface area contributed by atoms with Gasteiger partial charge < -0.3 is 9.05 Å². The van der Waals surface area contributed by atoms with Crippen molar-refractivity contribution in [3.8, 4) is 0 Å². The zero-order valence-electron chi connectivity index (χ0n) is 8.23. The van der Waals surface area contributed by atoms with Gasteiger partial charge in [-0.1, -0.05) is 12.2 Å². The summed E-state index contributed by atoms with van der Waals surface area (Å²) in [6.45, 7) is 11.4. The predicted octanol–water partition coefficient (Wildman–Crippen LogP) is 2.99. The minimum Gasteiger partial charge on any atom is -0.308 e. The molecule has 0 aromatic carbocycles. The van der Waals surface area contributed by atoms with Crippen LogP contribution in [-0.4, -0.2) is 18.9 Å². The molecule has 0 aliphatic heterocycles. The lowest BCUT2D eigenvalue weighted by molar-refractivity contribution is 0.218. The molecule has 76 valence electrons. The molecule has 0 atom stereocenters. The highest BCUT2D eigenvalue weighted by molar-refractivity contribution is 7.55. The van der Waals surface area contributed by atoms with Gasteiger partial charge in [0.15, 0.2) is 0 Å². The Bertz CT molecular complexity index is 195. The highest BCUT2D eigenvalue weighted by atomic mass is 31.2. The van der Waals surface area contributed by atoms with Crippen LogP contribution in [0.15, 0.2) is 25.3 Å². The quantitative estimate of drug-likeness (QED) is 0.472. The van der Waals surface area contributed by atoms with Gasteiger partial charge in [0.25, 0.3) is 0 Å². The van der Waals surface area contributed by atoms with Crippen LogP contribution in [0, 0.1) is 0 Å². The molecule has 0 aromatic rings. The topological polar surface area (TPSA) is 35.5 Å². The zero-order chi connectivity index (χ0) is 10.3. The number of hydrogen-bond acceptors (Lipinski definition) is 3. The Morgan fingerprint density at radius 3 is 1.85 bits per heavy atom. The maximum absolute atomic E-state index is 12.0. The van der Waals surface area contributed by atoms with Crippen molar-refractivity contribution >= 4 is 7.60 Å². The fourth-order valence-corrected chi connectivity index (χ4v) is 2.58. The summed E-state index contributed by atoms with van der Waals surface area (Å²) in [6.07, 6.45) is 3.05. The normalized spacial score (nSPS) is 11.6. The molecule has 0 spiro atoms. The maximum atomic E-state index is 12.0. The molecule has 0 amide bonds. The molecule has 0 rings (SSSR count). The Balaban J connectivity index is 4.63. The first-order valence-electron chi connectivity index (χ1n) is 4.28. The van der Waals surface area contributed by atoms with Crippen LogP contribution < -0.4 is 0 Å². The van der Waals surface area contributed by atoms with Crippen LogP contribution in [0.25, 0.3) is 0 Å². The van der Waals surface area contributed by atoms with Gasteiger partial charge in [-0.05, 0) is 13.8 Å². The van der Waals surface area contributed by atoms with Crippen molar-refractivity contribution in [2.24, 2.45) is 0 Å². The van der Waals surface area contributed by atoms with Gasteiger partial charge in [-0.2, -0.15) is 0 Å². The van der Waals surface area contributed by atoms with Gasteiger partial charge in [0, 0.05) is 0 Å². The van der Waals surface area contributed by atoms with Crippen LogP contribution in [0.1, 0.15) is 13.8 Å². The largest absolute Gasteiger partial charge is 0.341 e. The number of rotatable bonds is 7. The minimum absolute atomic E-state index is 0.357. The molecule has 0 unspecified atom stereocenters. The van der Waals surface area contributed by atoms with E-state index in [1.165, 1.54) is 12.2 Å². The van der Waals surface area contributed by atoms with Gasteiger partial charge in [0.1, 0.15) is 0 Å². The Morgan fingerprint density at radius 2 is 1.62 bits per heavy atom. The van der Waals surface area contributed by atoms with E-state index in [4.69, 9.17) is 9.05 Å². The van der Waals surface area contributed by atoms with E-state index >= 15 is 0 Å². The third kappa shape index (κ3) is 3.47. The van der Waals surface area contributed by atoms with Crippen LogP contribution in [0.3, 0.4) is 0 Å². The number of hydrogen-bond donors (Lipinski definition) is 0. The molecule has 0 saturated heterocycles. The first-order valence-corrected chi connectivity index (χ1v) is 5.89. The van der Waals surface area contributed by atoms with Crippen molar-refractivity contribution in [2.45, 2.75) is 19.5 Å². The van der Waals surface area contributed by atoms with Crippen molar-refractivity contribution in [1.29, 1.82) is 0 Å². The molecule has 0 radical (unpaired) electrons. The summed E-state index contributed by atoms with van der Waals surface area (Å²) in [7, 11) is -3.07. The summed E-state index contributed by atoms with van der Waals surface area (Å²) in [5, 5.41) is 0. The lowest BCUT2D eigenvalue weighted by Crippen LogP contribution is -2.07. The van der Waals surface area contributed by atoms with Gasteiger partial charge >= 0.3 is 7.60 Å². The van der Waals surface area contributed by atoms with E-state index in [2.05, 4.69) is 13.2 Å². The molecule has 4 heteroatoms. The molecule has 0 aliphatic carbocycles. The summed E-state index contributed by atoms with van der Waals surface area (Å²) in [5.74, 6) is 0. The third-order valence-corrected chi connectivity index (χ3v) is 3.85. The van der Waals surface area contributed by atoms with E-state index in [0.29, 0.717) is 13.2 Å². The fraction of sp³-hybridized carbons (Fsp3) is 0.556. The van der Waals surface area contributed by atoms with E-state index in [9.17, 15) is 4.57 Å². The SMILES string of the molecule is C=CC(C=C)P(=O)(OCC)OCC. The van der Waals surface area contributed by atoms with Crippen LogP contribution in [-0.2, 0) is 13.6 Å². The average molecular weight is 204 g/mol. The van der Waals surface area contributed by atoms with Crippen LogP contribution in [0.4, 0.5) is 0 Å². The summed E-state index contributed by atoms with van der Waals surface area (Å²) in [6, 6.07) is 0. The highest BCUT2D eigenvalue weighted by Gasteiger charge is 2.30. The Kier molecular flexibility index (Phi) is 5.97. The molecule has 0 saturated carbocycles. The highest BCUT2D eigenvalue weighted by Crippen LogP contribution is 2.53. The Morgan fingerprint density at radius 1 is 1.23 bits per heavy atom. The van der Waals surface area contributed by atoms with E-state index < -0.39 is 13.3 Å². The molecule has 0 aliphatic rings. The van der Waals surface area contributed by atoms with Gasteiger partial charge in [-0.3, -0.25) is 4.57 Å². The fourth-order valence-electron chi connectivity index (χ4n) is 0.924. The van der Waals surface area contributed by atoms with Crippen molar-refractivity contribution in [2.75, 3.05) is 13.2 Å². The molecule has 0 fully saturated rings. The van der Waals surface area contributed by atoms with Gasteiger partial charge in [0.2, 0.25) is 0 Å². The summed E-state index contributed by atoms with van der Waals surface area (Å²) in [5.41, 5.74) is -0.424. The Labute approximate surface area is 80.0 Å². The Hall–Kier alpha value is -0.370. The average Bonchev–Trinajstić information content (AvgIpc) is 2.07. The van der Waals surface area contributed by atoms with Crippen LogP contribution in [0.5, 0.6) is 0 Å². The predicted molar refractivity (Wildman–Crippen MR) is 55.0 cm³/mol. The second kappa shape index (κ2) is 6.14. The maximum Gasteiger partial charge on any atom is 0.341 e. The first kappa shape index (κ1) is 12.6. The van der Waals surface area contributed by atoms with Crippen LogP contribution in [0.2, 0.25) is 0 Å². The van der Waals surface area contributed by atoms with E-state index in [0.717, 1.165) is 0 Å². The van der Waals surface area contributed by atoms with Crippen molar-refractivity contribution in [3.05, 3.63) is 25.3 Å². The summed E-state index contributed by atoms with van der Waals surface area (Å²) >= 11 is 0. The molecule has 0 bridgehead atoms. The van der Waals surface area contributed by atoms with E-state index in [-0.39, 0.29) is 0 Å². The minimum atomic E-state index is -3.07. The first-order chi connectivity index (χ1) is 6.14. The molecule has 0 N–H and O–H groups in total. The van der Waals surface area contributed by atoms with E-state index in [1.807, 2.05) is 0 Å².